The highest BCUT2D eigenvalue weighted by Crippen LogP contribution is 2.25. The van der Waals surface area contributed by atoms with Gasteiger partial charge in [-0.2, -0.15) is 4.98 Å². The van der Waals surface area contributed by atoms with E-state index in [1.54, 1.807) is 18.2 Å². The molecular formula is C15H21N5O. The summed E-state index contributed by atoms with van der Waals surface area (Å²) in [7, 11) is 0. The number of nitrogens with zero attached hydrogens (tertiary/aromatic N) is 3. The number of H-pyrrole nitrogens is 1. The SMILES string of the molecule is CC(N)C1CCN(c2n[nH]c(-c3cccc(O)c3)n2)CC1. The molecule has 4 N–H and O–H groups in total. The van der Waals surface area contributed by atoms with Crippen LogP contribution in [0.3, 0.4) is 0 Å². The molecule has 0 aliphatic carbocycles. The number of benzene rings is 1. The summed E-state index contributed by atoms with van der Waals surface area (Å²) in [6.45, 7) is 3.94. The van der Waals surface area contributed by atoms with Crippen molar-refractivity contribution in [2.45, 2.75) is 25.8 Å². The van der Waals surface area contributed by atoms with Gasteiger partial charge in [-0.05, 0) is 37.8 Å². The van der Waals surface area contributed by atoms with Crippen molar-refractivity contribution in [2.75, 3.05) is 18.0 Å². The molecule has 0 radical (unpaired) electrons. The first-order valence-electron chi connectivity index (χ1n) is 7.36. The lowest BCUT2D eigenvalue weighted by Gasteiger charge is -2.32. The third-order valence-corrected chi connectivity index (χ3v) is 4.16. The molecule has 21 heavy (non-hydrogen) atoms. The maximum absolute atomic E-state index is 9.53. The quantitative estimate of drug-likeness (QED) is 0.800. The van der Waals surface area contributed by atoms with E-state index in [2.05, 4.69) is 27.0 Å². The summed E-state index contributed by atoms with van der Waals surface area (Å²) in [4.78, 5) is 6.71. The Kier molecular flexibility index (Phi) is 3.79. The van der Waals surface area contributed by atoms with E-state index >= 15 is 0 Å². The lowest BCUT2D eigenvalue weighted by atomic mass is 9.91. The first kappa shape index (κ1) is 13.9. The van der Waals surface area contributed by atoms with Gasteiger partial charge in [-0.25, -0.2) is 0 Å². The van der Waals surface area contributed by atoms with E-state index in [0.29, 0.717) is 11.7 Å². The molecule has 1 aliphatic heterocycles. The van der Waals surface area contributed by atoms with Gasteiger partial charge < -0.3 is 15.7 Å². The maximum atomic E-state index is 9.53. The van der Waals surface area contributed by atoms with Crippen LogP contribution in [-0.4, -0.2) is 39.4 Å². The van der Waals surface area contributed by atoms with Crippen LogP contribution < -0.4 is 10.6 Å². The third-order valence-electron chi connectivity index (χ3n) is 4.16. The molecule has 1 aromatic heterocycles. The van der Waals surface area contributed by atoms with Crippen LogP contribution in [0, 0.1) is 5.92 Å². The number of rotatable bonds is 3. The van der Waals surface area contributed by atoms with Gasteiger partial charge in [-0.1, -0.05) is 12.1 Å². The Morgan fingerprint density at radius 3 is 2.81 bits per heavy atom. The summed E-state index contributed by atoms with van der Waals surface area (Å²) in [6, 6.07) is 7.25. The Bertz CT molecular complexity index is 602. The van der Waals surface area contributed by atoms with E-state index in [1.807, 2.05) is 6.07 Å². The minimum absolute atomic E-state index is 0.225. The van der Waals surface area contributed by atoms with Crippen LogP contribution in [0.2, 0.25) is 0 Å². The van der Waals surface area contributed by atoms with E-state index in [4.69, 9.17) is 5.73 Å². The summed E-state index contributed by atoms with van der Waals surface area (Å²) < 4.78 is 0. The van der Waals surface area contributed by atoms with Crippen LogP contribution in [0.25, 0.3) is 11.4 Å². The molecule has 0 spiro atoms. The fourth-order valence-electron chi connectivity index (χ4n) is 2.80. The van der Waals surface area contributed by atoms with Gasteiger partial charge >= 0.3 is 0 Å². The fraction of sp³-hybridized carbons (Fsp3) is 0.467. The van der Waals surface area contributed by atoms with Gasteiger partial charge in [0, 0.05) is 24.7 Å². The van der Waals surface area contributed by atoms with Crippen molar-refractivity contribution in [3.05, 3.63) is 24.3 Å². The molecule has 0 saturated carbocycles. The number of aromatic amines is 1. The molecule has 112 valence electrons. The highest BCUT2D eigenvalue weighted by molar-refractivity contribution is 5.58. The Morgan fingerprint density at radius 2 is 2.14 bits per heavy atom. The molecule has 1 aliphatic rings. The normalized spacial score (nSPS) is 17.9. The van der Waals surface area contributed by atoms with Crippen LogP contribution in [0.4, 0.5) is 5.95 Å². The van der Waals surface area contributed by atoms with E-state index in [1.165, 1.54) is 0 Å². The largest absolute Gasteiger partial charge is 0.508 e. The number of phenols is 1. The minimum Gasteiger partial charge on any atom is -0.508 e. The average Bonchev–Trinajstić information content (AvgIpc) is 2.97. The van der Waals surface area contributed by atoms with E-state index in [0.717, 1.165) is 37.4 Å². The lowest BCUT2D eigenvalue weighted by molar-refractivity contribution is 0.352. The van der Waals surface area contributed by atoms with Crippen LogP contribution in [-0.2, 0) is 0 Å². The molecule has 1 saturated heterocycles. The number of aromatic hydroxyl groups is 1. The van der Waals surface area contributed by atoms with Crippen molar-refractivity contribution < 1.29 is 5.11 Å². The Hall–Kier alpha value is -2.08. The predicted molar refractivity (Wildman–Crippen MR) is 82.1 cm³/mol. The molecule has 2 aromatic rings. The highest BCUT2D eigenvalue weighted by Gasteiger charge is 2.24. The van der Waals surface area contributed by atoms with Gasteiger partial charge in [-0.15, -0.1) is 5.10 Å². The second-order valence-electron chi connectivity index (χ2n) is 5.72. The molecule has 0 amide bonds. The molecule has 1 unspecified atom stereocenters. The fourth-order valence-corrected chi connectivity index (χ4v) is 2.80. The number of hydrogen-bond donors (Lipinski definition) is 3. The number of phenolic OH excluding ortho intramolecular Hbond substituents is 1. The van der Waals surface area contributed by atoms with Crippen molar-refractivity contribution in [2.24, 2.45) is 11.7 Å². The van der Waals surface area contributed by atoms with Crippen molar-refractivity contribution in [3.8, 4) is 17.1 Å². The van der Waals surface area contributed by atoms with Gasteiger partial charge in [0.15, 0.2) is 5.82 Å². The zero-order valence-electron chi connectivity index (χ0n) is 12.2. The zero-order valence-corrected chi connectivity index (χ0v) is 12.2. The van der Waals surface area contributed by atoms with Crippen molar-refractivity contribution in [1.82, 2.24) is 15.2 Å². The number of hydrogen-bond acceptors (Lipinski definition) is 5. The number of aromatic nitrogens is 3. The van der Waals surface area contributed by atoms with Crippen LogP contribution in [0.1, 0.15) is 19.8 Å². The molecule has 2 heterocycles. The van der Waals surface area contributed by atoms with Gasteiger partial charge in [0.05, 0.1) is 0 Å². The van der Waals surface area contributed by atoms with Crippen molar-refractivity contribution >= 4 is 5.95 Å². The van der Waals surface area contributed by atoms with Crippen LogP contribution >= 0.6 is 0 Å². The highest BCUT2D eigenvalue weighted by atomic mass is 16.3. The Labute approximate surface area is 124 Å². The standard InChI is InChI=1S/C15H21N5O/c1-10(16)11-5-7-20(8-6-11)15-17-14(18-19-15)12-3-2-4-13(21)9-12/h2-4,9-11,21H,5-8,16H2,1H3,(H,17,18,19). The predicted octanol–water partition coefficient (Wildman–Crippen LogP) is 1.74. The smallest absolute Gasteiger partial charge is 0.245 e. The molecule has 1 atom stereocenters. The van der Waals surface area contributed by atoms with Gasteiger partial charge in [0.25, 0.3) is 0 Å². The molecule has 3 rings (SSSR count). The average molecular weight is 287 g/mol. The lowest BCUT2D eigenvalue weighted by Crippen LogP contribution is -2.40. The molecule has 6 nitrogen and oxygen atoms in total. The van der Waals surface area contributed by atoms with Gasteiger partial charge in [0.1, 0.15) is 5.75 Å². The van der Waals surface area contributed by atoms with Gasteiger partial charge in [-0.3, -0.25) is 5.10 Å². The van der Waals surface area contributed by atoms with Crippen molar-refractivity contribution in [1.29, 1.82) is 0 Å². The number of piperidine rings is 1. The Morgan fingerprint density at radius 1 is 1.38 bits per heavy atom. The topological polar surface area (TPSA) is 91.1 Å². The number of nitrogens with one attached hydrogen (secondary N) is 1. The monoisotopic (exact) mass is 287 g/mol. The van der Waals surface area contributed by atoms with Gasteiger partial charge in [0.2, 0.25) is 5.95 Å². The van der Waals surface area contributed by atoms with Crippen LogP contribution in [0.5, 0.6) is 5.75 Å². The molecule has 1 fully saturated rings. The number of anilines is 1. The van der Waals surface area contributed by atoms with E-state index in [-0.39, 0.29) is 11.8 Å². The van der Waals surface area contributed by atoms with Crippen molar-refractivity contribution in [3.63, 3.8) is 0 Å². The summed E-state index contributed by atoms with van der Waals surface area (Å²) >= 11 is 0. The summed E-state index contributed by atoms with van der Waals surface area (Å²) in [5.74, 6) is 2.21. The third kappa shape index (κ3) is 3.00. The zero-order chi connectivity index (χ0) is 14.8. The summed E-state index contributed by atoms with van der Waals surface area (Å²) in [5.41, 5.74) is 6.80. The maximum Gasteiger partial charge on any atom is 0.245 e. The molecular weight excluding hydrogens is 266 g/mol. The molecule has 0 bridgehead atoms. The van der Waals surface area contributed by atoms with E-state index in [9.17, 15) is 5.11 Å². The second kappa shape index (κ2) is 5.73. The van der Waals surface area contributed by atoms with E-state index < -0.39 is 0 Å². The first-order chi connectivity index (χ1) is 10.1. The van der Waals surface area contributed by atoms with Crippen LogP contribution in [0.15, 0.2) is 24.3 Å². The minimum atomic E-state index is 0.225. The second-order valence-corrected chi connectivity index (χ2v) is 5.72. The number of nitrogens with two attached hydrogens (primary N) is 1. The summed E-state index contributed by atoms with van der Waals surface area (Å²) in [5, 5.41) is 16.8. The Balaban J connectivity index is 1.71. The summed E-state index contributed by atoms with van der Waals surface area (Å²) in [6.07, 6.45) is 2.15. The first-order valence-corrected chi connectivity index (χ1v) is 7.36. The molecule has 6 heteroatoms. The molecule has 1 aromatic carbocycles.